The van der Waals surface area contributed by atoms with Gasteiger partial charge in [0, 0.05) is 0 Å². The molecule has 1 rings (SSSR count). The first-order chi connectivity index (χ1) is 3.79. The second kappa shape index (κ2) is 2.78. The Morgan fingerprint density at radius 3 is 2.88 bits per heavy atom. The predicted octanol–water partition coefficient (Wildman–Crippen LogP) is 1.68. The van der Waals surface area contributed by atoms with Crippen LogP contribution in [0.15, 0.2) is 12.2 Å². The number of nitrogens with zero attached hydrogens (tertiary/aromatic N) is 1. The van der Waals surface area contributed by atoms with Crippen LogP contribution >= 0.6 is 34.2 Å². The summed E-state index contributed by atoms with van der Waals surface area (Å²) < 4.78 is 1.10. The predicted molar refractivity (Wildman–Crippen MR) is 43.3 cm³/mol. The number of halogens is 2. The van der Waals surface area contributed by atoms with Gasteiger partial charge in [0.1, 0.15) is 0 Å². The van der Waals surface area contributed by atoms with E-state index in [2.05, 4.69) is 27.6 Å². The number of aromatic nitrogens is 1. The Morgan fingerprint density at radius 1 is 1.75 bits per heavy atom. The first-order valence-electron chi connectivity index (χ1n) is 2.06. The molecule has 0 N–H and O–H groups in total. The van der Waals surface area contributed by atoms with Gasteiger partial charge in [0.25, 0.3) is 0 Å². The van der Waals surface area contributed by atoms with E-state index in [1.807, 2.05) is 5.96 Å². The Morgan fingerprint density at radius 2 is 2.50 bits per heavy atom. The molecular weight excluding hydrogens is 235 g/mol. The maximum atomic E-state index is 5.50. The van der Waals surface area contributed by atoms with E-state index in [1.165, 1.54) is 0 Å². The molecule has 0 spiro atoms. The van der Waals surface area contributed by atoms with Crippen molar-refractivity contribution < 1.29 is 0 Å². The standard InChI is InChI=1S/C4H2BClIN/c6-4-5-1-3(7)2-8-4/h1-2H. The van der Waals surface area contributed by atoms with Gasteiger partial charge in [0.15, 0.2) is 0 Å². The molecule has 0 bridgehead atoms. The zero-order chi connectivity index (χ0) is 5.98. The average molecular weight is 237 g/mol. The molecule has 0 atom stereocenters. The van der Waals surface area contributed by atoms with E-state index in [-0.39, 0.29) is 0 Å². The molecule has 4 heteroatoms. The molecule has 0 aromatic carbocycles. The zero-order valence-electron chi connectivity index (χ0n) is 3.94. The van der Waals surface area contributed by atoms with E-state index in [0.29, 0.717) is 5.05 Å². The van der Waals surface area contributed by atoms with Gasteiger partial charge in [0.2, 0.25) is 0 Å². The van der Waals surface area contributed by atoms with E-state index in [9.17, 15) is 0 Å². The van der Waals surface area contributed by atoms with Crippen LogP contribution < -0.4 is 0 Å². The first-order valence-corrected chi connectivity index (χ1v) is 3.52. The molecule has 0 unspecified atom stereocenters. The summed E-state index contributed by atoms with van der Waals surface area (Å²) in [6, 6.07) is 0. The van der Waals surface area contributed by atoms with E-state index >= 15 is 0 Å². The summed E-state index contributed by atoms with van der Waals surface area (Å²) in [5, 5.41) is 0.547. The molecule has 0 aliphatic heterocycles. The minimum atomic E-state index is 0.547. The van der Waals surface area contributed by atoms with E-state index in [1.54, 1.807) is 13.1 Å². The van der Waals surface area contributed by atoms with Gasteiger partial charge in [-0.3, -0.25) is 0 Å². The van der Waals surface area contributed by atoms with Gasteiger partial charge in [-0.15, -0.1) is 0 Å². The molecule has 8 heavy (non-hydrogen) atoms. The molecular formula is C4H2BClIN. The van der Waals surface area contributed by atoms with Crippen molar-refractivity contribution in [2.24, 2.45) is 0 Å². The second-order valence-corrected chi connectivity index (χ2v) is 2.93. The van der Waals surface area contributed by atoms with Crippen LogP contribution in [0, 0.1) is 3.57 Å². The summed E-state index contributed by atoms with van der Waals surface area (Å²) in [5.41, 5.74) is 0. The van der Waals surface area contributed by atoms with Crippen LogP contribution in [0.1, 0.15) is 0 Å². The van der Waals surface area contributed by atoms with Gasteiger partial charge in [-0.2, -0.15) is 0 Å². The van der Waals surface area contributed by atoms with E-state index in [0.717, 1.165) is 3.57 Å². The van der Waals surface area contributed by atoms with Gasteiger partial charge >= 0.3 is 66.9 Å². The monoisotopic (exact) mass is 237 g/mol. The van der Waals surface area contributed by atoms with Crippen LogP contribution in [-0.4, -0.2) is 11.9 Å². The van der Waals surface area contributed by atoms with Crippen molar-refractivity contribution in [3.8, 4) is 0 Å². The Labute approximate surface area is 66.8 Å². The van der Waals surface area contributed by atoms with Crippen molar-refractivity contribution in [2.45, 2.75) is 0 Å². The van der Waals surface area contributed by atoms with Gasteiger partial charge in [-0.1, -0.05) is 0 Å². The van der Waals surface area contributed by atoms with Crippen LogP contribution in [0.3, 0.4) is 0 Å². The summed E-state index contributed by atoms with van der Waals surface area (Å²) in [6.45, 7) is 1.77. The quantitative estimate of drug-likeness (QED) is 0.626. The Balaban J connectivity index is 3.03. The van der Waals surface area contributed by atoms with Crippen LogP contribution in [0.4, 0.5) is 0 Å². The second-order valence-electron chi connectivity index (χ2n) is 1.30. The zero-order valence-corrected chi connectivity index (χ0v) is 6.85. The van der Waals surface area contributed by atoms with Crippen LogP contribution in [-0.2, 0) is 0 Å². The fourth-order valence-electron chi connectivity index (χ4n) is 0.358. The summed E-state index contributed by atoms with van der Waals surface area (Å²) >= 11 is 7.67. The van der Waals surface area contributed by atoms with Gasteiger partial charge < -0.3 is 0 Å². The average Bonchev–Trinajstić information content (AvgIpc) is 1.77. The van der Waals surface area contributed by atoms with Crippen molar-refractivity contribution in [3.63, 3.8) is 0 Å². The SMILES string of the molecule is Clc1bcc(I)cn1. The molecule has 0 amide bonds. The number of hydrogen-bond acceptors (Lipinski definition) is 1. The molecule has 1 nitrogen and oxygen atoms in total. The van der Waals surface area contributed by atoms with Crippen LogP contribution in [0.5, 0.6) is 0 Å². The fraction of sp³-hybridized carbons (Fsp3) is 0. The Hall–Kier alpha value is 0.365. The molecule has 0 aliphatic rings. The van der Waals surface area contributed by atoms with Crippen LogP contribution in [0.2, 0.25) is 5.05 Å². The maximum absolute atomic E-state index is 5.50. The third kappa shape index (κ3) is 1.71. The van der Waals surface area contributed by atoms with Crippen molar-refractivity contribution in [2.75, 3.05) is 0 Å². The summed E-state index contributed by atoms with van der Waals surface area (Å²) in [6.07, 6.45) is 1.73. The van der Waals surface area contributed by atoms with Gasteiger partial charge in [0.05, 0.1) is 0 Å². The summed E-state index contributed by atoms with van der Waals surface area (Å²) in [5.74, 6) is 1.91. The third-order valence-electron chi connectivity index (χ3n) is 0.691. The summed E-state index contributed by atoms with van der Waals surface area (Å²) in [4.78, 5) is 3.84. The van der Waals surface area contributed by atoms with Gasteiger partial charge in [-0.25, -0.2) is 0 Å². The Kier molecular flexibility index (Phi) is 2.25. The Bertz CT molecular complexity index is 155. The van der Waals surface area contributed by atoms with E-state index in [4.69, 9.17) is 11.6 Å². The molecule has 1 heterocycles. The van der Waals surface area contributed by atoms with Crippen molar-refractivity contribution in [1.82, 2.24) is 4.98 Å². The molecule has 0 aliphatic carbocycles. The molecule has 40 valence electrons. The van der Waals surface area contributed by atoms with Crippen molar-refractivity contribution in [3.05, 3.63) is 20.8 Å². The number of rotatable bonds is 0. The molecule has 1 aromatic heterocycles. The fourth-order valence-corrected chi connectivity index (χ4v) is 0.789. The molecule has 0 saturated heterocycles. The van der Waals surface area contributed by atoms with Crippen LogP contribution in [0.25, 0.3) is 0 Å². The van der Waals surface area contributed by atoms with Crippen molar-refractivity contribution in [1.29, 1.82) is 0 Å². The first kappa shape index (κ1) is 6.48. The van der Waals surface area contributed by atoms with Crippen molar-refractivity contribution >= 4 is 41.1 Å². The topological polar surface area (TPSA) is 12.9 Å². The molecule has 1 aromatic rings. The molecule has 0 radical (unpaired) electrons. The number of hydrogen-bond donors (Lipinski definition) is 0. The molecule has 0 saturated carbocycles. The minimum absolute atomic E-state index is 0.547. The van der Waals surface area contributed by atoms with E-state index < -0.39 is 0 Å². The molecule has 0 fully saturated rings. The normalized spacial score (nSPS) is 8.75. The summed E-state index contributed by atoms with van der Waals surface area (Å²) in [7, 11) is 0. The van der Waals surface area contributed by atoms with Gasteiger partial charge in [-0.05, 0) is 0 Å². The third-order valence-corrected chi connectivity index (χ3v) is 1.55.